The summed E-state index contributed by atoms with van der Waals surface area (Å²) >= 11 is 20.4. The number of hydrogen-bond acceptors (Lipinski definition) is 18. The molecule has 33 heavy (non-hydrogen) atoms. The van der Waals surface area contributed by atoms with Crippen molar-refractivity contribution in [3.63, 3.8) is 0 Å². The molecule has 0 atom stereocenters. The minimum atomic E-state index is -0.147. The fourth-order valence-corrected chi connectivity index (χ4v) is 4.71. The summed E-state index contributed by atoms with van der Waals surface area (Å²) in [4.78, 5) is 48.3. The van der Waals surface area contributed by atoms with Crippen molar-refractivity contribution in [3.05, 3.63) is 15.9 Å². The Hall–Kier alpha value is -2.64. The topological polar surface area (TPSA) is 233 Å². The average Bonchev–Trinajstić information content (AvgIpc) is 2.82. The number of nitrogen functional groups attached to an aromatic ring is 3. The molecule has 0 amide bonds. The maximum absolute atomic E-state index is 7.22. The summed E-state index contributed by atoms with van der Waals surface area (Å²) in [7, 11) is 0. The third kappa shape index (κ3) is 6.68. The molecule has 0 aliphatic heterocycles. The van der Waals surface area contributed by atoms with Gasteiger partial charge in [0.25, 0.3) is 0 Å². The molecule has 168 valence electrons. The fourth-order valence-electron chi connectivity index (χ4n) is 1.83. The van der Waals surface area contributed by atoms with E-state index in [2.05, 4.69) is 59.8 Å². The molecule has 0 saturated heterocycles. The summed E-state index contributed by atoms with van der Waals surface area (Å²) in [6, 6.07) is 0. The Morgan fingerprint density at radius 3 is 0.970 bits per heavy atom. The number of hydrogen-bond donors (Lipinski definition) is 3. The first-order chi connectivity index (χ1) is 17.3. The van der Waals surface area contributed by atoms with Crippen LogP contribution in [0.15, 0.2) is 30.9 Å². The first kappa shape index (κ1) is 19.8. The van der Waals surface area contributed by atoms with E-state index in [-0.39, 0.29) is 64.6 Å². The lowest BCUT2D eigenvalue weighted by molar-refractivity contribution is 0.710. The van der Waals surface area contributed by atoms with E-state index in [4.69, 9.17) is 39.0 Å². The molecule has 15 nitrogen and oxygen atoms in total. The molecule has 21 heteroatoms. The predicted octanol–water partition coefficient (Wildman–Crippen LogP) is 1.59. The molecule has 0 saturated carbocycles. The normalized spacial score (nSPS) is 11.9. The van der Waals surface area contributed by atoms with E-state index in [0.29, 0.717) is 0 Å². The van der Waals surface area contributed by atoms with Crippen molar-refractivity contribution >= 4 is 87.9 Å². The molecule has 0 unspecified atom stereocenters. The van der Waals surface area contributed by atoms with Gasteiger partial charge >= 0.3 is 0 Å². The maximum Gasteiger partial charge on any atom is 0.228 e. The fraction of sp³-hybridized carbons (Fsp3) is 0. The monoisotopic (exact) mass is 564 g/mol. The smallest absolute Gasteiger partial charge is 0.228 e. The summed E-state index contributed by atoms with van der Waals surface area (Å²) in [5.74, 6) is -0.247. The van der Waals surface area contributed by atoms with Crippen molar-refractivity contribution in [2.75, 3.05) is 17.2 Å². The van der Waals surface area contributed by atoms with Gasteiger partial charge in [-0.3, -0.25) is 0 Å². The van der Waals surface area contributed by atoms with Crippen molar-refractivity contribution in [1.82, 2.24) is 59.8 Å². The van der Waals surface area contributed by atoms with Gasteiger partial charge in [0.05, 0.1) is 0 Å². The molecule has 0 bridgehead atoms. The second kappa shape index (κ2) is 10.1. The van der Waals surface area contributed by atoms with Gasteiger partial charge in [0.15, 0.2) is 19.7 Å². The highest BCUT2D eigenvalue weighted by Crippen LogP contribution is 2.31. The van der Waals surface area contributed by atoms with Crippen LogP contribution in [-0.2, 0) is 0 Å². The summed E-state index contributed by atoms with van der Waals surface area (Å²) in [6.07, 6.45) is 0. The molecular weight excluding hydrogens is 557 g/mol. The van der Waals surface area contributed by atoms with E-state index in [1.807, 2.05) is 17.2 Å². The number of nitrogens with two attached hydrogens (primary N) is 3. The number of nitrogens with zero attached hydrogens (tertiary/aromatic N) is 12. The van der Waals surface area contributed by atoms with Crippen LogP contribution in [0.3, 0.4) is 0 Å². The van der Waals surface area contributed by atoms with Gasteiger partial charge in [-0.1, -0.05) is 0 Å². The van der Waals surface area contributed by atoms with Crippen LogP contribution in [0.1, 0.15) is 0 Å². The largest absolute Gasteiger partial charge is 0.368 e. The Balaban J connectivity index is 1.71. The summed E-state index contributed by atoms with van der Waals surface area (Å²) in [5, 5.41) is 0.188. The second-order valence-corrected chi connectivity index (χ2v) is 8.94. The van der Waals surface area contributed by atoms with E-state index in [9.17, 15) is 0 Å². The molecular formula is C12H6Cl3N15S3. The number of anilines is 3. The van der Waals surface area contributed by atoms with Crippen LogP contribution in [0.4, 0.5) is 17.8 Å². The Labute approximate surface area is 215 Å². The lowest BCUT2D eigenvalue weighted by atomic mass is 11.0. The Bertz CT molecular complexity index is 1230. The predicted molar refractivity (Wildman–Crippen MR) is 120 cm³/mol. The molecule has 4 heterocycles. The highest BCUT2D eigenvalue weighted by Gasteiger charge is 2.16. The lowest BCUT2D eigenvalue weighted by Crippen LogP contribution is -2.03. The van der Waals surface area contributed by atoms with Gasteiger partial charge in [-0.15, -0.1) is 0 Å². The summed E-state index contributed by atoms with van der Waals surface area (Å²) < 4.78 is 21.7. The Kier molecular flexibility index (Phi) is 6.06. The lowest BCUT2D eigenvalue weighted by Gasteiger charge is -2.06. The highest BCUT2D eigenvalue weighted by atomic mass is 35.5. The van der Waals surface area contributed by atoms with Crippen molar-refractivity contribution < 1.29 is 4.24 Å². The second-order valence-electron chi connectivity index (χ2n) is 5.12. The first-order valence-electron chi connectivity index (χ1n) is 9.41. The van der Waals surface area contributed by atoms with Crippen LogP contribution in [0.25, 0.3) is 0 Å². The van der Waals surface area contributed by atoms with Crippen LogP contribution >= 0.6 is 70.1 Å². The van der Waals surface area contributed by atoms with Crippen molar-refractivity contribution in [2.45, 2.75) is 30.9 Å². The van der Waals surface area contributed by atoms with Gasteiger partial charge in [0, 0.05) is 0 Å². The molecule has 0 aliphatic carbocycles. The molecule has 4 aromatic heterocycles. The molecule has 0 aromatic carbocycles. The SMILES string of the molecule is [2H]Nc1nc(Cl)nc(Sc2nc(Sc3nc(Cl)nc(N[2H])n3)nc(Sc3nc(Cl)nc(N[2H])n3)n2)n1. The highest BCUT2D eigenvalue weighted by molar-refractivity contribution is 8.00. The third-order valence-corrected chi connectivity index (χ3v) is 5.58. The number of halogens is 3. The molecule has 0 spiro atoms. The van der Waals surface area contributed by atoms with Gasteiger partial charge in [0.1, 0.15) is 0 Å². The zero-order valence-corrected chi connectivity index (χ0v) is 19.9. The van der Waals surface area contributed by atoms with Crippen LogP contribution in [-0.4, -0.2) is 59.8 Å². The van der Waals surface area contributed by atoms with Gasteiger partial charge in [0.2, 0.25) is 49.2 Å². The van der Waals surface area contributed by atoms with Crippen LogP contribution in [0.2, 0.25) is 20.1 Å². The van der Waals surface area contributed by atoms with E-state index in [1.54, 1.807) is 0 Å². The van der Waals surface area contributed by atoms with Crippen molar-refractivity contribution in [1.29, 1.82) is 0 Å². The van der Waals surface area contributed by atoms with E-state index < -0.39 is 0 Å². The van der Waals surface area contributed by atoms with Crippen molar-refractivity contribution in [3.8, 4) is 0 Å². The number of aromatic nitrogens is 12. The van der Waals surface area contributed by atoms with Gasteiger partial charge in [-0.05, 0) is 70.1 Å². The minimum Gasteiger partial charge on any atom is -0.368 e. The molecule has 0 aliphatic rings. The quantitative estimate of drug-likeness (QED) is 0.261. The van der Waals surface area contributed by atoms with E-state index in [0.717, 1.165) is 35.3 Å². The Morgan fingerprint density at radius 2 is 0.697 bits per heavy atom. The van der Waals surface area contributed by atoms with Crippen LogP contribution in [0.5, 0.6) is 0 Å². The summed E-state index contributed by atoms with van der Waals surface area (Å²) in [6.45, 7) is 0. The molecule has 0 radical (unpaired) electrons. The van der Waals surface area contributed by atoms with E-state index in [1.165, 1.54) is 0 Å². The van der Waals surface area contributed by atoms with E-state index >= 15 is 0 Å². The van der Waals surface area contributed by atoms with Crippen LogP contribution < -0.4 is 17.2 Å². The maximum atomic E-state index is 7.22. The van der Waals surface area contributed by atoms with Gasteiger partial charge in [-0.25, -0.2) is 0 Å². The standard InChI is InChI=1S/C12H6Cl3N15S3/c13-1-19-4(16)25-7(22-1)31-10-28-11(32-8-23-2(14)20-5(17)26-8)30-12(29-10)33-9-24-3(15)21-6(18)27-9/h(H2,16,19,22,25)(H2,17,20,23,26)(H2,18,21,24,27)/i/hD3. The van der Waals surface area contributed by atoms with Gasteiger partial charge < -0.3 is 17.2 Å². The van der Waals surface area contributed by atoms with Gasteiger partial charge in [-0.2, -0.15) is 59.8 Å². The zero-order valence-electron chi connectivity index (χ0n) is 18.2. The Morgan fingerprint density at radius 1 is 0.424 bits per heavy atom. The zero-order chi connectivity index (χ0) is 25.7. The minimum absolute atomic E-state index is 0.0822. The molecule has 4 aromatic rings. The third-order valence-electron chi connectivity index (χ3n) is 2.88. The van der Waals surface area contributed by atoms with Crippen molar-refractivity contribution in [2.24, 2.45) is 0 Å². The molecule has 4 rings (SSSR count). The van der Waals surface area contributed by atoms with Crippen LogP contribution in [0, 0.1) is 0 Å². The molecule has 6 N–H and O–H groups in total. The molecule has 0 fully saturated rings. The number of rotatable bonds is 9. The first-order valence-corrected chi connectivity index (χ1v) is 11.5. The summed E-state index contributed by atoms with van der Waals surface area (Å²) in [5.41, 5.74) is 6.09. The average molecular weight is 566 g/mol.